The predicted molar refractivity (Wildman–Crippen MR) is 131 cm³/mol. The average Bonchev–Trinajstić information content (AvgIpc) is 3.28. The summed E-state index contributed by atoms with van der Waals surface area (Å²) in [5.74, 6) is 3.06. The van der Waals surface area contributed by atoms with Crippen molar-refractivity contribution >= 4 is 12.1 Å². The van der Waals surface area contributed by atoms with Crippen LogP contribution < -0.4 is 9.64 Å². The van der Waals surface area contributed by atoms with Crippen LogP contribution >= 0.6 is 0 Å². The van der Waals surface area contributed by atoms with Gasteiger partial charge in [-0.25, -0.2) is 0 Å². The molecule has 0 aliphatic carbocycles. The highest BCUT2D eigenvalue weighted by atomic mass is 16.5. The Bertz CT molecular complexity index is 1050. The first kappa shape index (κ1) is 23.1. The van der Waals surface area contributed by atoms with E-state index in [1.54, 1.807) is 0 Å². The number of hydrogen-bond donors (Lipinski definition) is 0. The molecular weight excluding hydrogens is 414 g/mol. The Labute approximate surface area is 196 Å². The number of nitrogens with zero attached hydrogens (tertiary/aromatic N) is 3. The first-order valence-electron chi connectivity index (χ1n) is 11.7. The Morgan fingerprint density at radius 3 is 2.73 bits per heavy atom. The minimum Gasteiger partial charge on any atom is -0.486 e. The number of rotatable bonds is 9. The number of aryl methyl sites for hydroxylation is 1. The number of hydrogen-bond acceptors (Lipinski definition) is 6. The molecule has 1 atom stereocenters. The smallest absolute Gasteiger partial charge is 0.172 e. The minimum absolute atomic E-state index is 0.0840. The van der Waals surface area contributed by atoms with E-state index >= 15 is 0 Å². The topological polar surface area (TPSA) is 58.8 Å². The molecule has 3 aromatic rings. The van der Waals surface area contributed by atoms with Gasteiger partial charge in [0.05, 0.1) is 0 Å². The van der Waals surface area contributed by atoms with Crippen molar-refractivity contribution in [3.63, 3.8) is 0 Å². The molecule has 2 heterocycles. The standard InChI is InChI=1S/C27H33N3O3/c1-20(2)13-24-19-29(18-22-14-21(3)15-25(16-22)32-12-11-31)9-10-30(24)27-17-26(33-28-27)23-7-5-4-6-8-23/h4-8,11,14-17,20,24H,9-10,12-13,18-19H2,1-3H3/t24-/m1/s1. The Morgan fingerprint density at radius 1 is 1.15 bits per heavy atom. The lowest BCUT2D eigenvalue weighted by Crippen LogP contribution is -2.53. The molecule has 0 N–H and O–H groups in total. The summed E-state index contributed by atoms with van der Waals surface area (Å²) in [6.07, 6.45) is 1.87. The maximum absolute atomic E-state index is 10.7. The molecule has 1 aromatic heterocycles. The molecule has 0 unspecified atom stereocenters. The summed E-state index contributed by atoms with van der Waals surface area (Å²) in [5, 5.41) is 4.42. The molecule has 1 aliphatic heterocycles. The maximum atomic E-state index is 10.7. The van der Waals surface area contributed by atoms with Gasteiger partial charge in [-0.15, -0.1) is 0 Å². The predicted octanol–water partition coefficient (Wildman–Crippen LogP) is 4.96. The minimum atomic E-state index is 0.0840. The van der Waals surface area contributed by atoms with Crippen molar-refractivity contribution in [3.8, 4) is 17.1 Å². The van der Waals surface area contributed by atoms with E-state index in [4.69, 9.17) is 9.26 Å². The number of aldehydes is 1. The number of carbonyl (C=O) groups is 1. The van der Waals surface area contributed by atoms with Crippen LogP contribution in [0.2, 0.25) is 0 Å². The Balaban J connectivity index is 1.48. The zero-order chi connectivity index (χ0) is 23.2. The van der Waals surface area contributed by atoms with Gasteiger partial charge < -0.3 is 14.2 Å². The second-order valence-electron chi connectivity index (χ2n) is 9.26. The molecule has 1 fully saturated rings. The Kier molecular flexibility index (Phi) is 7.45. The van der Waals surface area contributed by atoms with Crippen LogP contribution in [0.25, 0.3) is 11.3 Å². The van der Waals surface area contributed by atoms with E-state index in [1.807, 2.05) is 42.5 Å². The highest BCUT2D eigenvalue weighted by molar-refractivity contribution is 5.61. The van der Waals surface area contributed by atoms with E-state index in [-0.39, 0.29) is 6.61 Å². The number of carbonyl (C=O) groups excluding carboxylic acids is 1. The summed E-state index contributed by atoms with van der Waals surface area (Å²) in [6.45, 7) is 10.4. The third-order valence-electron chi connectivity index (χ3n) is 6.00. The van der Waals surface area contributed by atoms with Crippen molar-refractivity contribution < 1.29 is 14.1 Å². The monoisotopic (exact) mass is 447 g/mol. The third kappa shape index (κ3) is 6.02. The zero-order valence-corrected chi connectivity index (χ0v) is 19.7. The van der Waals surface area contributed by atoms with Crippen LogP contribution in [-0.4, -0.2) is 48.6 Å². The molecule has 2 aromatic carbocycles. The lowest BCUT2D eigenvalue weighted by molar-refractivity contribution is -0.109. The normalized spacial score (nSPS) is 16.8. The van der Waals surface area contributed by atoms with Crippen LogP contribution in [0, 0.1) is 12.8 Å². The molecule has 1 saturated heterocycles. The number of aromatic nitrogens is 1. The van der Waals surface area contributed by atoms with E-state index in [2.05, 4.69) is 47.9 Å². The number of anilines is 1. The number of piperazine rings is 1. The van der Waals surface area contributed by atoms with Crippen LogP contribution in [-0.2, 0) is 11.3 Å². The second-order valence-corrected chi connectivity index (χ2v) is 9.26. The van der Waals surface area contributed by atoms with Gasteiger partial charge in [0.1, 0.15) is 12.4 Å². The number of benzene rings is 2. The van der Waals surface area contributed by atoms with Crippen molar-refractivity contribution in [1.29, 1.82) is 0 Å². The average molecular weight is 448 g/mol. The zero-order valence-electron chi connectivity index (χ0n) is 19.7. The molecule has 0 radical (unpaired) electrons. The molecular formula is C27H33N3O3. The van der Waals surface area contributed by atoms with Gasteiger partial charge in [-0.2, -0.15) is 0 Å². The Hall–Kier alpha value is -3.12. The van der Waals surface area contributed by atoms with E-state index in [9.17, 15) is 4.79 Å². The van der Waals surface area contributed by atoms with Crippen LogP contribution in [0.15, 0.2) is 59.1 Å². The molecule has 6 nitrogen and oxygen atoms in total. The Morgan fingerprint density at radius 2 is 1.97 bits per heavy atom. The van der Waals surface area contributed by atoms with E-state index in [0.717, 1.165) is 67.3 Å². The third-order valence-corrected chi connectivity index (χ3v) is 6.00. The van der Waals surface area contributed by atoms with E-state index in [0.29, 0.717) is 12.0 Å². The quantitative estimate of drug-likeness (QED) is 0.432. The van der Waals surface area contributed by atoms with E-state index in [1.165, 1.54) is 5.56 Å². The molecule has 0 spiro atoms. The summed E-state index contributed by atoms with van der Waals surface area (Å²) >= 11 is 0. The van der Waals surface area contributed by atoms with Gasteiger partial charge in [0, 0.05) is 43.9 Å². The molecule has 33 heavy (non-hydrogen) atoms. The van der Waals surface area contributed by atoms with Gasteiger partial charge in [-0.1, -0.05) is 55.4 Å². The largest absolute Gasteiger partial charge is 0.486 e. The maximum Gasteiger partial charge on any atom is 0.172 e. The van der Waals surface area contributed by atoms with Gasteiger partial charge in [0.15, 0.2) is 17.9 Å². The van der Waals surface area contributed by atoms with Crippen molar-refractivity contribution in [1.82, 2.24) is 10.1 Å². The van der Waals surface area contributed by atoms with Crippen molar-refractivity contribution in [2.24, 2.45) is 5.92 Å². The summed E-state index contributed by atoms with van der Waals surface area (Å²) in [7, 11) is 0. The molecule has 0 bridgehead atoms. The van der Waals surface area contributed by atoms with Crippen LogP contribution in [0.4, 0.5) is 5.82 Å². The molecule has 1 aliphatic rings. The first-order chi connectivity index (χ1) is 16.0. The highest BCUT2D eigenvalue weighted by Crippen LogP contribution is 2.29. The summed E-state index contributed by atoms with van der Waals surface area (Å²) in [5.41, 5.74) is 3.39. The van der Waals surface area contributed by atoms with Crippen LogP contribution in [0.1, 0.15) is 31.4 Å². The highest BCUT2D eigenvalue weighted by Gasteiger charge is 2.30. The SMILES string of the molecule is Cc1cc(CN2CCN(c3cc(-c4ccccc4)on3)[C@H](CC(C)C)C2)cc(OCC=O)c1. The fourth-order valence-electron chi connectivity index (χ4n) is 4.64. The molecule has 0 amide bonds. The van der Waals surface area contributed by atoms with Gasteiger partial charge in [0.2, 0.25) is 0 Å². The fraction of sp³-hybridized carbons (Fsp3) is 0.407. The second kappa shape index (κ2) is 10.7. The van der Waals surface area contributed by atoms with Gasteiger partial charge in [0.25, 0.3) is 0 Å². The van der Waals surface area contributed by atoms with Crippen molar-refractivity contribution in [2.75, 3.05) is 31.1 Å². The summed E-state index contributed by atoms with van der Waals surface area (Å²) in [6, 6.07) is 18.8. The first-order valence-corrected chi connectivity index (χ1v) is 11.7. The van der Waals surface area contributed by atoms with Crippen LogP contribution in [0.5, 0.6) is 5.75 Å². The lowest BCUT2D eigenvalue weighted by Gasteiger charge is -2.42. The summed E-state index contributed by atoms with van der Waals surface area (Å²) in [4.78, 5) is 15.6. The molecule has 6 heteroatoms. The molecule has 174 valence electrons. The molecule has 4 rings (SSSR count). The van der Waals surface area contributed by atoms with Crippen molar-refractivity contribution in [3.05, 3.63) is 65.7 Å². The van der Waals surface area contributed by atoms with Gasteiger partial charge >= 0.3 is 0 Å². The van der Waals surface area contributed by atoms with Crippen molar-refractivity contribution in [2.45, 2.75) is 39.8 Å². The molecule has 0 saturated carbocycles. The fourth-order valence-corrected chi connectivity index (χ4v) is 4.64. The number of ether oxygens (including phenoxy) is 1. The van der Waals surface area contributed by atoms with Crippen LogP contribution in [0.3, 0.4) is 0 Å². The van der Waals surface area contributed by atoms with Gasteiger partial charge in [-0.3, -0.25) is 9.69 Å². The van der Waals surface area contributed by atoms with Gasteiger partial charge in [-0.05, 0) is 42.5 Å². The summed E-state index contributed by atoms with van der Waals surface area (Å²) < 4.78 is 11.2. The van der Waals surface area contributed by atoms with E-state index < -0.39 is 0 Å². The lowest BCUT2D eigenvalue weighted by atomic mass is 9.99.